The number of fused-ring (bicyclic) bond motifs is 3. The van der Waals surface area contributed by atoms with Crippen molar-refractivity contribution in [1.82, 2.24) is 14.9 Å². The van der Waals surface area contributed by atoms with Crippen LogP contribution in [0.5, 0.6) is 5.75 Å². The van der Waals surface area contributed by atoms with E-state index in [1.807, 2.05) is 35.4 Å². The molecule has 202 valence electrons. The van der Waals surface area contributed by atoms with Crippen LogP contribution in [0.4, 0.5) is 33.6 Å². The van der Waals surface area contributed by atoms with Gasteiger partial charge in [-0.1, -0.05) is 18.2 Å². The Balaban J connectivity index is 1.35. The van der Waals surface area contributed by atoms with E-state index in [2.05, 4.69) is 66.1 Å². The monoisotopic (exact) mass is 525 g/mol. The molecule has 2 aromatic carbocycles. The molecule has 0 atom stereocenters. The summed E-state index contributed by atoms with van der Waals surface area (Å²) in [5, 5.41) is 3.34. The molecule has 0 saturated carbocycles. The quantitative estimate of drug-likeness (QED) is 0.482. The van der Waals surface area contributed by atoms with Gasteiger partial charge in [-0.05, 0) is 62.7 Å². The first-order valence-electron chi connectivity index (χ1n) is 13.5. The first kappa shape index (κ1) is 25.2. The highest BCUT2D eigenvalue weighted by molar-refractivity contribution is 6.06. The number of carbonyl (C=O) groups is 1. The van der Waals surface area contributed by atoms with Crippen LogP contribution in [0.3, 0.4) is 0 Å². The minimum absolute atomic E-state index is 0.0951. The Labute approximate surface area is 229 Å². The van der Waals surface area contributed by atoms with Crippen LogP contribution < -0.4 is 24.8 Å². The zero-order valence-corrected chi connectivity index (χ0v) is 23.1. The Kier molecular flexibility index (Phi) is 6.60. The van der Waals surface area contributed by atoms with Crippen molar-refractivity contribution in [1.29, 1.82) is 0 Å². The maximum absolute atomic E-state index is 13.9. The molecular formula is C30H35N7O2. The number of piperazine rings is 1. The molecule has 3 aromatic rings. The molecule has 0 aliphatic carbocycles. The van der Waals surface area contributed by atoms with E-state index in [4.69, 9.17) is 9.72 Å². The van der Waals surface area contributed by atoms with Crippen LogP contribution in [0, 0.1) is 20.8 Å². The summed E-state index contributed by atoms with van der Waals surface area (Å²) in [5.74, 6) is 1.90. The third-order valence-electron chi connectivity index (χ3n) is 7.91. The van der Waals surface area contributed by atoms with Gasteiger partial charge in [0.15, 0.2) is 0 Å². The largest absolute Gasteiger partial charge is 0.487 e. The van der Waals surface area contributed by atoms with Crippen molar-refractivity contribution in [3.05, 3.63) is 70.9 Å². The fourth-order valence-electron chi connectivity index (χ4n) is 5.50. The molecule has 3 aliphatic heterocycles. The van der Waals surface area contributed by atoms with Gasteiger partial charge in [0.25, 0.3) is 0 Å². The van der Waals surface area contributed by atoms with E-state index in [1.54, 1.807) is 4.90 Å². The van der Waals surface area contributed by atoms with Crippen molar-refractivity contribution in [2.24, 2.45) is 0 Å². The van der Waals surface area contributed by atoms with Crippen molar-refractivity contribution < 1.29 is 9.53 Å². The molecule has 6 rings (SSSR count). The molecule has 0 unspecified atom stereocenters. The first-order chi connectivity index (χ1) is 18.9. The van der Waals surface area contributed by atoms with Gasteiger partial charge in [-0.3, -0.25) is 9.80 Å². The number of rotatable bonds is 2. The lowest BCUT2D eigenvalue weighted by Crippen LogP contribution is -2.48. The van der Waals surface area contributed by atoms with Gasteiger partial charge in [0.2, 0.25) is 5.95 Å². The van der Waals surface area contributed by atoms with Gasteiger partial charge in [-0.25, -0.2) is 9.78 Å². The normalized spacial score (nSPS) is 18.5. The second kappa shape index (κ2) is 10.2. The highest BCUT2D eigenvalue weighted by Crippen LogP contribution is 2.37. The predicted molar refractivity (Wildman–Crippen MR) is 156 cm³/mol. The average molecular weight is 526 g/mol. The number of hydrogen-bond acceptors (Lipinski definition) is 7. The number of hydrogen-bond donors (Lipinski definition) is 1. The lowest BCUT2D eigenvalue weighted by molar-refractivity contribution is 0.250. The highest BCUT2D eigenvalue weighted by Gasteiger charge is 2.34. The summed E-state index contributed by atoms with van der Waals surface area (Å²) in [7, 11) is 2.15. The van der Waals surface area contributed by atoms with E-state index in [1.165, 1.54) is 0 Å². The number of nitrogens with zero attached hydrogens (tertiary/aromatic N) is 6. The van der Waals surface area contributed by atoms with E-state index in [0.717, 1.165) is 71.2 Å². The minimum atomic E-state index is -0.0951. The zero-order chi connectivity index (χ0) is 27.1. The van der Waals surface area contributed by atoms with E-state index in [-0.39, 0.29) is 6.03 Å². The van der Waals surface area contributed by atoms with Crippen molar-refractivity contribution >= 4 is 34.9 Å². The van der Waals surface area contributed by atoms with Crippen LogP contribution in [-0.4, -0.2) is 67.3 Å². The second-order valence-electron chi connectivity index (χ2n) is 10.6. The summed E-state index contributed by atoms with van der Waals surface area (Å²) in [6.07, 6.45) is 5.79. The third kappa shape index (κ3) is 4.78. The summed E-state index contributed by atoms with van der Waals surface area (Å²) in [4.78, 5) is 31.7. The summed E-state index contributed by atoms with van der Waals surface area (Å²) in [6, 6.07) is 10.2. The van der Waals surface area contributed by atoms with Crippen molar-refractivity contribution in [3.8, 4) is 5.75 Å². The standard InChI is InChI=1S/C30H35N7O2/c1-20-7-8-21(2)27(22(20)3)37-19-23-18-31-29-32-24-9-10-25(35-14-12-34(4)13-15-35)26(17-24)39-16-6-5-11-36(30(37)38)28(23)33-29/h5-10,17-18H,11-16,19H2,1-4H3,(H,31,32,33)/b6-5+. The highest BCUT2D eigenvalue weighted by atomic mass is 16.5. The van der Waals surface area contributed by atoms with Crippen molar-refractivity contribution in [3.63, 3.8) is 0 Å². The molecule has 0 radical (unpaired) electrons. The molecular weight excluding hydrogens is 490 g/mol. The fourth-order valence-corrected chi connectivity index (χ4v) is 5.50. The summed E-state index contributed by atoms with van der Waals surface area (Å²) in [5.41, 5.74) is 7.12. The molecule has 1 aromatic heterocycles. The van der Waals surface area contributed by atoms with E-state index in [0.29, 0.717) is 31.5 Å². The lowest BCUT2D eigenvalue weighted by atomic mass is 10.0. The third-order valence-corrected chi connectivity index (χ3v) is 7.91. The van der Waals surface area contributed by atoms with Gasteiger partial charge in [0, 0.05) is 56.2 Å². The van der Waals surface area contributed by atoms with Crippen LogP contribution in [0.2, 0.25) is 0 Å². The Hall–Kier alpha value is -4.11. The molecule has 9 heteroatoms. The predicted octanol–water partition coefficient (Wildman–Crippen LogP) is 4.79. The van der Waals surface area contributed by atoms with Crippen LogP contribution in [0.1, 0.15) is 22.3 Å². The number of aromatic nitrogens is 2. The molecule has 4 heterocycles. The maximum Gasteiger partial charge on any atom is 0.330 e. The number of urea groups is 1. The molecule has 1 saturated heterocycles. The number of benzene rings is 2. The first-order valence-corrected chi connectivity index (χ1v) is 13.5. The molecule has 39 heavy (non-hydrogen) atoms. The number of carbonyl (C=O) groups excluding carboxylic acids is 1. The minimum Gasteiger partial charge on any atom is -0.487 e. The van der Waals surface area contributed by atoms with Crippen molar-refractivity contribution in [2.75, 3.05) is 66.4 Å². The molecule has 1 N–H and O–H groups in total. The molecule has 0 spiro atoms. The van der Waals surface area contributed by atoms with Crippen LogP contribution in [-0.2, 0) is 6.54 Å². The molecule has 2 amide bonds. The van der Waals surface area contributed by atoms with Gasteiger partial charge in [0.1, 0.15) is 18.2 Å². The smallest absolute Gasteiger partial charge is 0.330 e. The van der Waals surface area contributed by atoms with E-state index in [9.17, 15) is 4.79 Å². The second-order valence-corrected chi connectivity index (χ2v) is 10.6. The van der Waals surface area contributed by atoms with Gasteiger partial charge in [-0.15, -0.1) is 0 Å². The SMILES string of the molecule is Cc1ccc(C)c(N2Cc3cnc4nc3N(C/C=C/COc3cc(ccc3N3CCN(C)CC3)N4)C2=O)c1C. The van der Waals surface area contributed by atoms with Gasteiger partial charge in [0.05, 0.1) is 17.9 Å². The van der Waals surface area contributed by atoms with Gasteiger partial charge in [-0.2, -0.15) is 4.98 Å². The fraction of sp³-hybridized carbons (Fsp3) is 0.367. The zero-order valence-electron chi connectivity index (χ0n) is 23.1. The Bertz CT molecular complexity index is 1450. The number of ether oxygens (including phenoxy) is 1. The van der Waals surface area contributed by atoms with Gasteiger partial charge >= 0.3 is 6.03 Å². The summed E-state index contributed by atoms with van der Waals surface area (Å²) >= 11 is 0. The maximum atomic E-state index is 13.9. The lowest BCUT2D eigenvalue weighted by Gasteiger charge is -2.37. The van der Waals surface area contributed by atoms with Crippen molar-refractivity contribution in [2.45, 2.75) is 27.3 Å². The Morgan fingerprint density at radius 2 is 1.74 bits per heavy atom. The Morgan fingerprint density at radius 3 is 2.56 bits per heavy atom. The average Bonchev–Trinajstić information content (AvgIpc) is 2.94. The number of aryl methyl sites for hydroxylation is 2. The molecule has 1 fully saturated rings. The topological polar surface area (TPSA) is 77.1 Å². The van der Waals surface area contributed by atoms with Gasteiger partial charge < -0.3 is 19.9 Å². The van der Waals surface area contributed by atoms with E-state index < -0.39 is 0 Å². The van der Waals surface area contributed by atoms with E-state index >= 15 is 0 Å². The number of likely N-dealkylation sites (N-methyl/N-ethyl adjacent to an activating group) is 1. The summed E-state index contributed by atoms with van der Waals surface area (Å²) in [6.45, 7) is 11.4. The molecule has 3 aliphatic rings. The number of anilines is 5. The number of amides is 2. The molecule has 4 bridgehead atoms. The molecule has 9 nitrogen and oxygen atoms in total. The van der Waals surface area contributed by atoms with Crippen LogP contribution in [0.15, 0.2) is 48.7 Å². The van der Waals surface area contributed by atoms with Crippen LogP contribution >= 0.6 is 0 Å². The van der Waals surface area contributed by atoms with Crippen LogP contribution in [0.25, 0.3) is 0 Å². The Morgan fingerprint density at radius 1 is 0.949 bits per heavy atom. The number of nitrogens with one attached hydrogen (secondary N) is 1. The summed E-state index contributed by atoms with van der Waals surface area (Å²) < 4.78 is 6.26.